The number of phenols is 2. The van der Waals surface area contributed by atoms with E-state index in [9.17, 15) is 15.0 Å². The Balaban J connectivity index is 1.61. The van der Waals surface area contributed by atoms with Gasteiger partial charge in [-0.25, -0.2) is 0 Å². The summed E-state index contributed by atoms with van der Waals surface area (Å²) in [5, 5.41) is 29.9. The van der Waals surface area contributed by atoms with Crippen LogP contribution in [-0.4, -0.2) is 65.1 Å². The molecule has 0 amide bonds. The van der Waals surface area contributed by atoms with Gasteiger partial charge in [-0.3, -0.25) is 14.8 Å². The van der Waals surface area contributed by atoms with Gasteiger partial charge >= 0.3 is 0 Å². The molecule has 176 valence electrons. The largest absolute Gasteiger partial charge is 0.507 e. The van der Waals surface area contributed by atoms with Crippen molar-refractivity contribution in [3.8, 4) is 11.5 Å². The predicted molar refractivity (Wildman–Crippen MR) is 134 cm³/mol. The summed E-state index contributed by atoms with van der Waals surface area (Å²) in [6.45, 7) is 3.75. The highest BCUT2D eigenvalue weighted by atomic mass is 16.3. The fraction of sp³-hybridized carbons (Fsp3) is 0.346. The molecular weight excluding hydrogens is 430 g/mol. The average Bonchev–Trinajstić information content (AvgIpc) is 3.50. The van der Waals surface area contributed by atoms with Gasteiger partial charge in [0.2, 0.25) is 5.78 Å². The van der Waals surface area contributed by atoms with Crippen molar-refractivity contribution in [2.24, 2.45) is 9.98 Å². The number of carbonyl (C=O) groups excluding carboxylic acids is 1. The number of aromatic hydroxyl groups is 2. The molecule has 0 fully saturated rings. The first kappa shape index (κ1) is 22.3. The van der Waals surface area contributed by atoms with Crippen molar-refractivity contribution >= 4 is 28.5 Å². The molecule has 0 spiro atoms. The molecule has 8 heteroatoms. The topological polar surface area (TPSA) is 122 Å². The van der Waals surface area contributed by atoms with E-state index in [4.69, 9.17) is 4.99 Å². The molecule has 2 aromatic carbocycles. The van der Waals surface area contributed by atoms with Crippen LogP contribution in [0.4, 0.5) is 0 Å². The van der Waals surface area contributed by atoms with E-state index in [1.54, 1.807) is 24.3 Å². The van der Waals surface area contributed by atoms with Gasteiger partial charge in [0.05, 0.1) is 35.1 Å². The number of likely N-dealkylation sites (N-methyl/N-ethyl adjacent to an activating group) is 1. The maximum Gasteiger partial charge on any atom is 0.214 e. The van der Waals surface area contributed by atoms with Crippen molar-refractivity contribution < 1.29 is 15.0 Å². The van der Waals surface area contributed by atoms with Crippen LogP contribution in [0.5, 0.6) is 11.5 Å². The van der Waals surface area contributed by atoms with Crippen LogP contribution in [0.15, 0.2) is 40.4 Å². The van der Waals surface area contributed by atoms with E-state index >= 15 is 0 Å². The van der Waals surface area contributed by atoms with Crippen molar-refractivity contribution in [3.63, 3.8) is 0 Å². The van der Waals surface area contributed by atoms with Crippen molar-refractivity contribution in [1.29, 1.82) is 0 Å². The second kappa shape index (κ2) is 9.04. The number of aromatic amines is 1. The molecule has 2 atom stereocenters. The number of phenolic OH excluding ortho intramolecular Hbond substituents is 2. The van der Waals surface area contributed by atoms with Crippen LogP contribution in [0.2, 0.25) is 0 Å². The Kier molecular flexibility index (Phi) is 5.93. The summed E-state index contributed by atoms with van der Waals surface area (Å²) >= 11 is 0. The van der Waals surface area contributed by atoms with Crippen LogP contribution in [0, 0.1) is 0 Å². The average molecular weight is 460 g/mol. The summed E-state index contributed by atoms with van der Waals surface area (Å²) in [5.41, 5.74) is 2.83. The van der Waals surface area contributed by atoms with Gasteiger partial charge in [0.15, 0.2) is 0 Å². The molecule has 2 aliphatic rings. The molecule has 8 nitrogen and oxygen atoms in total. The van der Waals surface area contributed by atoms with E-state index in [0.717, 1.165) is 18.4 Å². The predicted octanol–water partition coefficient (Wildman–Crippen LogP) is 2.89. The zero-order chi connectivity index (χ0) is 23.8. The van der Waals surface area contributed by atoms with E-state index in [0.29, 0.717) is 59.0 Å². The zero-order valence-corrected chi connectivity index (χ0v) is 19.4. The van der Waals surface area contributed by atoms with Gasteiger partial charge in [0.1, 0.15) is 11.5 Å². The number of carbonyl (C=O) groups is 1. The zero-order valence-electron chi connectivity index (χ0n) is 19.4. The number of hydrogen-bond acceptors (Lipinski definition) is 7. The fourth-order valence-corrected chi connectivity index (χ4v) is 4.88. The highest BCUT2D eigenvalue weighted by molar-refractivity contribution is 6.34. The maximum atomic E-state index is 13.5. The van der Waals surface area contributed by atoms with Gasteiger partial charge < -0.3 is 25.8 Å². The van der Waals surface area contributed by atoms with E-state index in [2.05, 4.69) is 27.5 Å². The maximum absolute atomic E-state index is 13.5. The normalized spacial score (nSPS) is 20.3. The monoisotopic (exact) mass is 459 g/mol. The molecule has 2 heterocycles. The molecule has 0 radical (unpaired) electrons. The van der Waals surface area contributed by atoms with Crippen molar-refractivity contribution in [1.82, 2.24) is 15.6 Å². The minimum atomic E-state index is -0.351. The summed E-state index contributed by atoms with van der Waals surface area (Å²) < 4.78 is 0. The first-order valence-electron chi connectivity index (χ1n) is 11.7. The smallest absolute Gasteiger partial charge is 0.214 e. The van der Waals surface area contributed by atoms with E-state index in [1.807, 2.05) is 19.5 Å². The number of H-pyrrole nitrogens is 1. The van der Waals surface area contributed by atoms with Crippen LogP contribution in [0.25, 0.3) is 10.8 Å². The number of nitrogens with zero attached hydrogens (tertiary/aromatic N) is 2. The summed E-state index contributed by atoms with van der Waals surface area (Å²) in [4.78, 5) is 26.0. The van der Waals surface area contributed by atoms with Gasteiger partial charge in [-0.15, -0.1) is 0 Å². The molecule has 5 rings (SSSR count). The van der Waals surface area contributed by atoms with Gasteiger partial charge in [-0.1, -0.05) is 31.2 Å². The number of ketones is 1. The Bertz CT molecular complexity index is 1320. The molecule has 1 aromatic heterocycles. The molecular formula is C26H29N5O3. The number of fused-ring (bicyclic) bond motifs is 3. The summed E-state index contributed by atoms with van der Waals surface area (Å²) in [6.07, 6.45) is 5.74. The number of aromatic nitrogens is 1. The lowest BCUT2D eigenvalue weighted by molar-refractivity contribution is 0.103. The lowest BCUT2D eigenvalue weighted by Crippen LogP contribution is -2.30. The van der Waals surface area contributed by atoms with Gasteiger partial charge in [-0.2, -0.15) is 0 Å². The van der Waals surface area contributed by atoms with Crippen LogP contribution in [0.3, 0.4) is 0 Å². The number of benzene rings is 2. The molecule has 0 bridgehead atoms. The Morgan fingerprint density at radius 2 is 1.88 bits per heavy atom. The molecule has 2 unspecified atom stereocenters. The molecule has 0 saturated carbocycles. The standard InChI is InChI=1S/C26H29N5O3/c1-3-15-10-16(13-30-15)29-11-14-12-31-23-19(14)22(28-9-8-27-2)20-21(26(23)34)25(33)18-7-5-4-6-17(18)24(20)32/h4-7,12-13,15-16,27,29,31-33H,3,8-11H2,1-2H3. The SMILES string of the molecule is CCC1CC(NCc2c[nH]c3c2C(=NCCNC)c2c(c(O)c4ccccc4c2O)C3=O)C=N1. The number of aliphatic imine (C=N–C) groups is 2. The number of rotatable bonds is 7. The Morgan fingerprint density at radius 3 is 2.56 bits per heavy atom. The Labute approximate surface area is 197 Å². The van der Waals surface area contributed by atoms with Gasteiger partial charge in [0.25, 0.3) is 0 Å². The van der Waals surface area contributed by atoms with E-state index in [-0.39, 0.29) is 28.9 Å². The molecule has 5 N–H and O–H groups in total. The first-order chi connectivity index (χ1) is 16.5. The third-order valence-electron chi connectivity index (χ3n) is 6.71. The molecule has 1 aliphatic heterocycles. The Morgan fingerprint density at radius 1 is 1.15 bits per heavy atom. The molecule has 34 heavy (non-hydrogen) atoms. The lowest BCUT2D eigenvalue weighted by atomic mass is 9.82. The van der Waals surface area contributed by atoms with Crippen molar-refractivity contribution in [3.05, 3.63) is 58.4 Å². The van der Waals surface area contributed by atoms with Gasteiger partial charge in [-0.05, 0) is 25.5 Å². The third kappa shape index (κ3) is 3.59. The minimum Gasteiger partial charge on any atom is -0.507 e. The highest BCUT2D eigenvalue weighted by Gasteiger charge is 2.37. The summed E-state index contributed by atoms with van der Waals surface area (Å²) in [5.74, 6) is -0.530. The fourth-order valence-electron chi connectivity index (χ4n) is 4.88. The number of hydrogen-bond donors (Lipinski definition) is 5. The highest BCUT2D eigenvalue weighted by Crippen LogP contribution is 2.44. The Hall–Kier alpha value is -3.49. The first-order valence-corrected chi connectivity index (χ1v) is 11.7. The van der Waals surface area contributed by atoms with Crippen LogP contribution in [0.1, 0.15) is 52.5 Å². The minimum absolute atomic E-state index is 0.0422. The molecule has 1 aliphatic carbocycles. The van der Waals surface area contributed by atoms with E-state index < -0.39 is 0 Å². The third-order valence-corrected chi connectivity index (χ3v) is 6.71. The summed E-state index contributed by atoms with van der Waals surface area (Å²) in [6, 6.07) is 7.51. The van der Waals surface area contributed by atoms with E-state index in [1.165, 1.54) is 0 Å². The van der Waals surface area contributed by atoms with Crippen molar-refractivity contribution in [2.45, 2.75) is 38.4 Å². The second-order valence-electron chi connectivity index (χ2n) is 8.80. The van der Waals surface area contributed by atoms with Crippen LogP contribution in [-0.2, 0) is 6.54 Å². The molecule has 0 saturated heterocycles. The van der Waals surface area contributed by atoms with Crippen LogP contribution >= 0.6 is 0 Å². The quantitative estimate of drug-likeness (QED) is 0.215. The second-order valence-corrected chi connectivity index (χ2v) is 8.80. The lowest BCUT2D eigenvalue weighted by Gasteiger charge is -2.23. The summed E-state index contributed by atoms with van der Waals surface area (Å²) in [7, 11) is 1.85. The van der Waals surface area contributed by atoms with Gasteiger partial charge in [0, 0.05) is 47.9 Å². The van der Waals surface area contributed by atoms with Crippen molar-refractivity contribution in [2.75, 3.05) is 20.1 Å². The number of nitrogens with one attached hydrogen (secondary N) is 3. The van der Waals surface area contributed by atoms with Crippen LogP contribution < -0.4 is 10.6 Å². The molecule has 3 aromatic rings.